The summed E-state index contributed by atoms with van der Waals surface area (Å²) in [6.45, 7) is 12.2. The zero-order valence-corrected chi connectivity index (χ0v) is 22.3. The fourth-order valence-corrected chi connectivity index (χ4v) is 9.12. The van der Waals surface area contributed by atoms with Gasteiger partial charge in [-0.25, -0.2) is 4.79 Å². The quantitative estimate of drug-likeness (QED) is 0.415. The van der Waals surface area contributed by atoms with Crippen molar-refractivity contribution in [1.29, 1.82) is 0 Å². The Kier molecular flexibility index (Phi) is 7.47. The first-order valence-electron chi connectivity index (χ1n) is 13.7. The van der Waals surface area contributed by atoms with E-state index in [2.05, 4.69) is 27.4 Å². The molecule has 0 spiro atoms. The van der Waals surface area contributed by atoms with Crippen LogP contribution in [0.25, 0.3) is 0 Å². The zero-order valence-electron chi connectivity index (χ0n) is 22.3. The van der Waals surface area contributed by atoms with Crippen molar-refractivity contribution in [3.8, 4) is 0 Å². The molecule has 6 heteroatoms. The molecule has 4 saturated carbocycles. The van der Waals surface area contributed by atoms with E-state index < -0.39 is 12.2 Å². The first-order chi connectivity index (χ1) is 16.4. The largest absolute Gasteiger partial charge is 0.469 e. The molecular weight excluding hydrogens is 444 g/mol. The molecule has 2 N–H and O–H groups in total. The predicted molar refractivity (Wildman–Crippen MR) is 133 cm³/mol. The Bertz CT molecular complexity index is 839. The molecule has 0 saturated heterocycles. The maximum atomic E-state index is 12.1. The minimum absolute atomic E-state index is 0.0346. The SMILES string of the molecule is C=C(C)C(=O)O[C@@H]1CC[C@@]2(C)C(C1)C[C@@H](O)C1C2C[C@H](O)[C@]2(C)C(C(C)CCC(=O)OC)CCC12. The van der Waals surface area contributed by atoms with Gasteiger partial charge in [0.15, 0.2) is 0 Å². The molecule has 4 aliphatic carbocycles. The van der Waals surface area contributed by atoms with Gasteiger partial charge in [0.2, 0.25) is 0 Å². The van der Waals surface area contributed by atoms with Crippen molar-refractivity contribution in [2.24, 2.45) is 46.3 Å². The summed E-state index contributed by atoms with van der Waals surface area (Å²) in [5.41, 5.74) is 0.218. The van der Waals surface area contributed by atoms with Crippen LogP contribution in [0.4, 0.5) is 0 Å². The number of fused-ring (bicyclic) bond motifs is 5. The second-order valence-electron chi connectivity index (χ2n) is 12.8. The monoisotopic (exact) mass is 490 g/mol. The van der Waals surface area contributed by atoms with E-state index >= 15 is 0 Å². The van der Waals surface area contributed by atoms with E-state index in [1.54, 1.807) is 6.92 Å². The van der Waals surface area contributed by atoms with Crippen molar-refractivity contribution < 1.29 is 29.3 Å². The summed E-state index contributed by atoms with van der Waals surface area (Å²) >= 11 is 0. The molecule has 0 bridgehead atoms. The van der Waals surface area contributed by atoms with Crippen LogP contribution in [0.5, 0.6) is 0 Å². The van der Waals surface area contributed by atoms with Gasteiger partial charge in [0.25, 0.3) is 0 Å². The van der Waals surface area contributed by atoms with Crippen LogP contribution in [-0.2, 0) is 19.1 Å². The van der Waals surface area contributed by atoms with Crippen LogP contribution in [0.3, 0.4) is 0 Å². The number of hydrogen-bond acceptors (Lipinski definition) is 6. The van der Waals surface area contributed by atoms with Gasteiger partial charge in [-0.1, -0.05) is 27.4 Å². The summed E-state index contributed by atoms with van der Waals surface area (Å²) in [6, 6.07) is 0. The molecule has 4 aliphatic rings. The number of ether oxygens (including phenoxy) is 2. The van der Waals surface area contributed by atoms with Gasteiger partial charge in [0.05, 0.1) is 19.3 Å². The van der Waals surface area contributed by atoms with Gasteiger partial charge < -0.3 is 19.7 Å². The zero-order chi connectivity index (χ0) is 25.7. The van der Waals surface area contributed by atoms with E-state index in [4.69, 9.17) is 9.47 Å². The smallest absolute Gasteiger partial charge is 0.333 e. The van der Waals surface area contributed by atoms with Crippen molar-refractivity contribution in [1.82, 2.24) is 0 Å². The maximum absolute atomic E-state index is 12.1. The van der Waals surface area contributed by atoms with Gasteiger partial charge in [-0.05, 0) is 105 Å². The summed E-state index contributed by atoms with van der Waals surface area (Å²) < 4.78 is 10.6. The highest BCUT2D eigenvalue weighted by molar-refractivity contribution is 5.87. The first kappa shape index (κ1) is 26.7. The van der Waals surface area contributed by atoms with Crippen LogP contribution in [-0.4, -0.2) is 47.6 Å². The van der Waals surface area contributed by atoms with Crippen LogP contribution in [0.15, 0.2) is 12.2 Å². The normalized spacial score (nSPS) is 45.5. The lowest BCUT2D eigenvalue weighted by Crippen LogP contribution is -2.62. The number of hydrogen-bond donors (Lipinski definition) is 2. The van der Waals surface area contributed by atoms with Crippen molar-refractivity contribution in [2.45, 2.75) is 104 Å². The molecule has 0 aromatic heterocycles. The number of carbonyl (C=O) groups excluding carboxylic acids is 2. The van der Waals surface area contributed by atoms with Gasteiger partial charge in [0, 0.05) is 12.0 Å². The lowest BCUT2D eigenvalue weighted by molar-refractivity contribution is -0.209. The second-order valence-corrected chi connectivity index (χ2v) is 12.8. The Morgan fingerprint density at radius 2 is 1.80 bits per heavy atom. The molecule has 6 nitrogen and oxygen atoms in total. The summed E-state index contributed by atoms with van der Waals surface area (Å²) in [5, 5.41) is 23.2. The third-order valence-corrected chi connectivity index (χ3v) is 11.2. The summed E-state index contributed by atoms with van der Waals surface area (Å²) in [7, 11) is 1.43. The number of rotatable bonds is 6. The molecule has 0 aromatic rings. The molecule has 0 amide bonds. The third-order valence-electron chi connectivity index (χ3n) is 11.2. The Labute approximate surface area is 210 Å². The maximum Gasteiger partial charge on any atom is 0.333 e. The number of aliphatic hydroxyl groups excluding tert-OH is 2. The predicted octanol–water partition coefficient (Wildman–Crippen LogP) is 4.66. The minimum Gasteiger partial charge on any atom is -0.469 e. The van der Waals surface area contributed by atoms with Gasteiger partial charge in [-0.15, -0.1) is 0 Å². The van der Waals surface area contributed by atoms with E-state index in [1.807, 2.05) is 0 Å². The molecular formula is C29H46O6. The van der Waals surface area contributed by atoms with E-state index in [1.165, 1.54) is 7.11 Å². The Hall–Kier alpha value is -1.40. The molecule has 4 rings (SSSR count). The molecule has 6 unspecified atom stereocenters. The van der Waals surface area contributed by atoms with Crippen molar-refractivity contribution in [3.05, 3.63) is 12.2 Å². The van der Waals surface area contributed by atoms with Gasteiger partial charge in [-0.3, -0.25) is 4.79 Å². The fourth-order valence-electron chi connectivity index (χ4n) is 9.12. The van der Waals surface area contributed by atoms with Gasteiger partial charge in [0.1, 0.15) is 6.10 Å². The molecule has 4 fully saturated rings. The number of carbonyl (C=O) groups is 2. The molecule has 0 aliphatic heterocycles. The van der Waals surface area contributed by atoms with Crippen LogP contribution in [0.2, 0.25) is 0 Å². The highest BCUT2D eigenvalue weighted by Crippen LogP contribution is 2.68. The fraction of sp³-hybridized carbons (Fsp3) is 0.862. The van der Waals surface area contributed by atoms with Gasteiger partial charge in [-0.2, -0.15) is 0 Å². The average Bonchev–Trinajstić information content (AvgIpc) is 3.17. The summed E-state index contributed by atoms with van der Waals surface area (Å²) in [5.74, 6) is 1.18. The lowest BCUT2D eigenvalue weighted by Gasteiger charge is -2.63. The van der Waals surface area contributed by atoms with Crippen molar-refractivity contribution in [2.75, 3.05) is 7.11 Å². The number of aliphatic hydroxyl groups is 2. The van der Waals surface area contributed by atoms with Crippen molar-refractivity contribution in [3.63, 3.8) is 0 Å². The summed E-state index contributed by atoms with van der Waals surface area (Å²) in [4.78, 5) is 23.8. The number of esters is 2. The standard InChI is InChI=1S/C29H46O6/c1-16(2)27(33)35-19-11-12-28(4)18(13-19)14-23(30)26-21-9-8-20(17(3)7-10-25(32)34-6)29(21,5)24(31)15-22(26)28/h17-24,26,30-31H,1,7-15H2,2-6H3/t17?,18?,19-,20?,21?,22?,23-,24+,26?,28+,29-/m1/s1. The molecule has 35 heavy (non-hydrogen) atoms. The molecule has 0 aromatic carbocycles. The third kappa shape index (κ3) is 4.47. The van der Waals surface area contributed by atoms with Crippen LogP contribution >= 0.6 is 0 Å². The first-order valence-corrected chi connectivity index (χ1v) is 13.7. The summed E-state index contributed by atoms with van der Waals surface area (Å²) in [6.07, 6.45) is 6.34. The van der Waals surface area contributed by atoms with E-state index in [0.717, 1.165) is 51.4 Å². The lowest BCUT2D eigenvalue weighted by atomic mass is 9.43. The Balaban J connectivity index is 1.52. The van der Waals surface area contributed by atoms with Crippen LogP contribution < -0.4 is 0 Å². The molecule has 11 atom stereocenters. The topological polar surface area (TPSA) is 93.1 Å². The van der Waals surface area contributed by atoms with E-state index in [-0.39, 0.29) is 52.5 Å². The average molecular weight is 491 g/mol. The Morgan fingerprint density at radius 3 is 2.46 bits per heavy atom. The van der Waals surface area contributed by atoms with Gasteiger partial charge >= 0.3 is 11.9 Å². The van der Waals surface area contributed by atoms with E-state index in [9.17, 15) is 19.8 Å². The van der Waals surface area contributed by atoms with Crippen LogP contribution in [0, 0.1) is 46.3 Å². The molecule has 0 radical (unpaired) electrons. The molecule has 198 valence electrons. The second kappa shape index (κ2) is 9.81. The van der Waals surface area contributed by atoms with Crippen molar-refractivity contribution >= 4 is 11.9 Å². The molecule has 0 heterocycles. The highest BCUT2D eigenvalue weighted by Gasteiger charge is 2.65. The number of methoxy groups -OCH3 is 1. The Morgan fingerprint density at radius 1 is 1.09 bits per heavy atom. The van der Waals surface area contributed by atoms with Crippen LogP contribution in [0.1, 0.15) is 85.5 Å². The van der Waals surface area contributed by atoms with E-state index in [0.29, 0.717) is 23.8 Å². The highest BCUT2D eigenvalue weighted by atomic mass is 16.5. The minimum atomic E-state index is -0.413.